The Morgan fingerprint density at radius 2 is 1.61 bits per heavy atom. The third kappa shape index (κ3) is 4.47. The molecular weight excluding hydrogens is 436 g/mol. The molecule has 4 nitrogen and oxygen atoms in total. The summed E-state index contributed by atoms with van der Waals surface area (Å²) < 4.78 is 52.0. The van der Waals surface area contributed by atoms with Crippen molar-refractivity contribution in [2.75, 3.05) is 26.2 Å². The molecule has 0 bridgehead atoms. The standard InChI is InChI=1S/C22H17ClF4N2O2/c23-15-5-6-19(24)18(11-15)21(31)29-9-7-28(8-10-29)20(30)17-12-16(17)13-1-3-14(4-2-13)22(25,26)27/h1-4,11,16-17H,7-10,12H2/t16-,17-/m0/s1. The predicted molar refractivity (Wildman–Crippen MR) is 104 cm³/mol. The zero-order valence-electron chi connectivity index (χ0n) is 16.2. The Balaban J connectivity index is 1.33. The van der Waals surface area contributed by atoms with Gasteiger partial charge in [0.1, 0.15) is 0 Å². The van der Waals surface area contributed by atoms with E-state index in [2.05, 4.69) is 12.1 Å². The van der Waals surface area contributed by atoms with Crippen molar-refractivity contribution in [3.05, 3.63) is 70.0 Å². The second-order valence-corrected chi connectivity index (χ2v) is 8.06. The Hall–Kier alpha value is -2.79. The molecule has 1 saturated carbocycles. The van der Waals surface area contributed by atoms with Crippen molar-refractivity contribution < 1.29 is 27.2 Å². The molecule has 31 heavy (non-hydrogen) atoms. The highest BCUT2D eigenvalue weighted by Gasteiger charge is 2.46. The van der Waals surface area contributed by atoms with Crippen LogP contribution in [0.1, 0.15) is 33.8 Å². The first kappa shape index (κ1) is 21.4. The van der Waals surface area contributed by atoms with Gasteiger partial charge in [0.05, 0.1) is 16.1 Å². The first-order chi connectivity index (χ1) is 14.6. The Labute approximate surface area is 181 Å². The minimum absolute atomic E-state index is 0.0751. The summed E-state index contributed by atoms with van der Waals surface area (Å²) in [6.07, 6.45) is -3.80. The fourth-order valence-electron chi connectivity index (χ4n) is 3.85. The van der Waals surface area contributed by atoms with Crippen molar-refractivity contribution in [2.24, 2.45) is 5.92 Å². The molecule has 1 saturated heterocycles. The van der Waals surface area contributed by atoms with E-state index < -0.39 is 23.5 Å². The van der Waals surface area contributed by atoms with Gasteiger partial charge < -0.3 is 9.80 Å². The molecule has 1 aliphatic heterocycles. The van der Waals surface area contributed by atoms with Crippen LogP contribution in [-0.2, 0) is 11.0 Å². The zero-order chi connectivity index (χ0) is 22.3. The van der Waals surface area contributed by atoms with Crippen molar-refractivity contribution >= 4 is 23.4 Å². The van der Waals surface area contributed by atoms with Crippen molar-refractivity contribution in [1.29, 1.82) is 0 Å². The summed E-state index contributed by atoms with van der Waals surface area (Å²) in [5, 5.41) is 0.0848. The molecule has 0 unspecified atom stereocenters. The maximum Gasteiger partial charge on any atom is 0.416 e. The zero-order valence-corrected chi connectivity index (χ0v) is 16.9. The molecule has 1 aliphatic carbocycles. The number of benzene rings is 1. The number of nitrogens with zero attached hydrogens (tertiary/aromatic N) is 2. The van der Waals surface area contributed by atoms with Crippen molar-refractivity contribution in [3.8, 4) is 0 Å². The highest BCUT2D eigenvalue weighted by molar-refractivity contribution is 6.30. The Morgan fingerprint density at radius 3 is 2.23 bits per heavy atom. The summed E-state index contributed by atoms with van der Waals surface area (Å²) in [6.45, 7) is 1.10. The molecule has 2 aliphatic rings. The predicted octanol–water partition coefficient (Wildman–Crippen LogP) is 4.19. The number of hydrogen-bond acceptors (Lipinski definition) is 2. The van der Waals surface area contributed by atoms with Gasteiger partial charge in [-0.05, 0) is 48.2 Å². The van der Waals surface area contributed by atoms with Gasteiger partial charge in [-0.2, -0.15) is 17.6 Å². The summed E-state index contributed by atoms with van der Waals surface area (Å²) in [5.41, 5.74) is -0.190. The topological polar surface area (TPSA) is 40.6 Å². The minimum atomic E-state index is -4.39. The van der Waals surface area contributed by atoms with Gasteiger partial charge in [0.25, 0.3) is 5.91 Å². The number of halogens is 5. The van der Waals surface area contributed by atoms with Crippen LogP contribution in [0, 0.1) is 23.9 Å². The molecule has 0 N–H and O–H groups in total. The maximum absolute atomic E-state index is 13.9. The Bertz CT molecular complexity index is 1000. The van der Waals surface area contributed by atoms with Gasteiger partial charge in [-0.25, -0.2) is 0 Å². The van der Waals surface area contributed by atoms with Crippen LogP contribution >= 0.6 is 11.6 Å². The molecule has 162 valence electrons. The van der Waals surface area contributed by atoms with E-state index in [0.717, 1.165) is 12.1 Å². The first-order valence-corrected chi connectivity index (χ1v) is 10.1. The lowest BCUT2D eigenvalue weighted by atomic mass is 10.1. The fraction of sp³-hybridized carbons (Fsp3) is 0.364. The van der Waals surface area contributed by atoms with Gasteiger partial charge in [0.15, 0.2) is 5.82 Å². The molecular formula is C22H17ClF4N2O2. The van der Waals surface area contributed by atoms with Crippen molar-refractivity contribution in [2.45, 2.75) is 18.5 Å². The summed E-state index contributed by atoms with van der Waals surface area (Å²) in [4.78, 5) is 28.4. The van der Waals surface area contributed by atoms with Gasteiger partial charge in [-0.15, -0.1) is 0 Å². The van der Waals surface area contributed by atoms with E-state index >= 15 is 0 Å². The van der Waals surface area contributed by atoms with Crippen LogP contribution in [-0.4, -0.2) is 47.8 Å². The molecule has 0 radical (unpaired) electrons. The van der Waals surface area contributed by atoms with Crippen LogP contribution in [0.5, 0.6) is 0 Å². The molecule has 9 heteroatoms. The number of carbonyl (C=O) groups excluding carboxylic acids is 2. The third-order valence-electron chi connectivity index (χ3n) is 5.68. The SMILES string of the molecule is O=C(c1cc(Cl)c#cc1F)N1CCN(C(=O)[C@H]2C[C@H]2c2ccc(C(F)(F)F)cc2)CC1. The number of alkyl halides is 3. The van der Waals surface area contributed by atoms with Gasteiger partial charge >= 0.3 is 6.18 Å². The number of piperazine rings is 1. The van der Waals surface area contributed by atoms with E-state index in [1.165, 1.54) is 23.1 Å². The third-order valence-corrected chi connectivity index (χ3v) is 5.89. The fourth-order valence-corrected chi connectivity index (χ4v) is 4.01. The molecule has 0 spiro atoms. The van der Waals surface area contributed by atoms with E-state index in [0.29, 0.717) is 25.1 Å². The average Bonchev–Trinajstić information content (AvgIpc) is 3.55. The second kappa shape index (κ2) is 8.04. The van der Waals surface area contributed by atoms with E-state index in [-0.39, 0.29) is 41.4 Å². The number of carbonyl (C=O) groups is 2. The van der Waals surface area contributed by atoms with Gasteiger partial charge in [-0.1, -0.05) is 23.7 Å². The number of rotatable bonds is 3. The summed E-state index contributed by atoms with van der Waals surface area (Å²) in [6, 6.07) is 10.6. The number of hydrogen-bond donors (Lipinski definition) is 0. The summed E-state index contributed by atoms with van der Waals surface area (Å²) >= 11 is 5.77. The molecule has 2 fully saturated rings. The van der Waals surface area contributed by atoms with Gasteiger partial charge in [-0.3, -0.25) is 9.59 Å². The quantitative estimate of drug-likeness (QED) is 0.655. The highest BCUT2D eigenvalue weighted by atomic mass is 35.5. The molecule has 2 amide bonds. The average molecular weight is 453 g/mol. The van der Waals surface area contributed by atoms with Crippen LogP contribution < -0.4 is 0 Å². The van der Waals surface area contributed by atoms with E-state index in [1.54, 1.807) is 4.90 Å². The Kier molecular flexibility index (Phi) is 5.56. The lowest BCUT2D eigenvalue weighted by molar-refractivity contribution is -0.137. The van der Waals surface area contributed by atoms with Crippen LogP contribution in [0.4, 0.5) is 17.6 Å². The lowest BCUT2D eigenvalue weighted by Crippen LogP contribution is -2.51. The largest absolute Gasteiger partial charge is 0.416 e. The Morgan fingerprint density at radius 1 is 1.00 bits per heavy atom. The first-order valence-electron chi connectivity index (χ1n) is 9.69. The van der Waals surface area contributed by atoms with E-state index in [1.807, 2.05) is 0 Å². The van der Waals surface area contributed by atoms with Gasteiger partial charge in [0, 0.05) is 32.1 Å². The molecule has 2 aromatic rings. The van der Waals surface area contributed by atoms with Crippen molar-refractivity contribution in [3.63, 3.8) is 0 Å². The normalized spacial score (nSPS) is 20.9. The molecule has 4 rings (SSSR count). The minimum Gasteiger partial charge on any atom is -0.339 e. The van der Waals surface area contributed by atoms with Gasteiger partial charge in [0.2, 0.25) is 5.91 Å². The molecule has 0 aromatic heterocycles. The van der Waals surface area contributed by atoms with E-state index in [9.17, 15) is 27.2 Å². The molecule has 2 atom stereocenters. The molecule has 2 aromatic carbocycles. The van der Waals surface area contributed by atoms with E-state index in [4.69, 9.17) is 11.6 Å². The van der Waals surface area contributed by atoms with Crippen molar-refractivity contribution in [1.82, 2.24) is 9.80 Å². The monoisotopic (exact) mass is 452 g/mol. The lowest BCUT2D eigenvalue weighted by Gasteiger charge is -2.35. The number of amides is 2. The van der Waals surface area contributed by atoms with Crippen LogP contribution in [0.15, 0.2) is 30.3 Å². The summed E-state index contributed by atoms with van der Waals surface area (Å²) in [5.74, 6) is -1.79. The van der Waals surface area contributed by atoms with Crippen LogP contribution in [0.3, 0.4) is 0 Å². The second-order valence-electron chi connectivity index (χ2n) is 7.66. The van der Waals surface area contributed by atoms with Crippen LogP contribution in [0.2, 0.25) is 5.02 Å². The van der Waals surface area contributed by atoms with Crippen LogP contribution in [0.25, 0.3) is 0 Å². The maximum atomic E-state index is 13.9. The smallest absolute Gasteiger partial charge is 0.339 e. The summed E-state index contributed by atoms with van der Waals surface area (Å²) in [7, 11) is 0. The molecule has 1 heterocycles. The highest BCUT2D eigenvalue weighted by Crippen LogP contribution is 2.49.